The molecule has 0 spiro atoms. The number of sulfone groups is 1. The molecule has 0 bridgehead atoms. The molecule has 0 aromatic heterocycles. The summed E-state index contributed by atoms with van der Waals surface area (Å²) in [5.41, 5.74) is 0.918. The van der Waals surface area contributed by atoms with E-state index in [-0.39, 0.29) is 5.75 Å². The average Bonchev–Trinajstić information content (AvgIpc) is 2.36. The zero-order chi connectivity index (χ0) is 15.0. The van der Waals surface area contributed by atoms with E-state index < -0.39 is 9.84 Å². The van der Waals surface area contributed by atoms with Crippen molar-refractivity contribution in [3.63, 3.8) is 0 Å². The number of halogens is 1. The highest BCUT2D eigenvalue weighted by Gasteiger charge is 2.08. The van der Waals surface area contributed by atoms with E-state index in [0.29, 0.717) is 24.6 Å². The molecular weight excluding hydrogens is 298 g/mol. The van der Waals surface area contributed by atoms with Gasteiger partial charge in [-0.2, -0.15) is 0 Å². The first kappa shape index (κ1) is 17.3. The number of benzene rings is 1. The van der Waals surface area contributed by atoms with Gasteiger partial charge in [-0.25, -0.2) is 8.42 Å². The van der Waals surface area contributed by atoms with Crippen molar-refractivity contribution in [2.24, 2.45) is 0 Å². The Bertz CT molecular complexity index is 517. The summed E-state index contributed by atoms with van der Waals surface area (Å²) < 4.78 is 27.8. The fourth-order valence-electron chi connectivity index (χ4n) is 1.74. The quantitative estimate of drug-likeness (QED) is 0.711. The van der Waals surface area contributed by atoms with Gasteiger partial charge in [0.2, 0.25) is 0 Å². The van der Waals surface area contributed by atoms with Gasteiger partial charge in [0, 0.05) is 23.4 Å². The topological polar surface area (TPSA) is 55.4 Å². The molecule has 4 nitrogen and oxygen atoms in total. The van der Waals surface area contributed by atoms with Crippen molar-refractivity contribution >= 4 is 21.4 Å². The summed E-state index contributed by atoms with van der Waals surface area (Å²) in [7, 11) is -2.93. The number of nitrogens with one attached hydrogen (secondary N) is 1. The lowest BCUT2D eigenvalue weighted by Crippen LogP contribution is -2.15. The Morgan fingerprint density at radius 2 is 2.10 bits per heavy atom. The molecule has 1 aromatic rings. The van der Waals surface area contributed by atoms with E-state index in [0.717, 1.165) is 24.3 Å². The Morgan fingerprint density at radius 1 is 1.35 bits per heavy atom. The summed E-state index contributed by atoms with van der Waals surface area (Å²) in [5.74, 6) is 0.853. The van der Waals surface area contributed by atoms with Gasteiger partial charge in [0.1, 0.15) is 15.6 Å². The van der Waals surface area contributed by atoms with Gasteiger partial charge in [-0.3, -0.25) is 0 Å². The van der Waals surface area contributed by atoms with Crippen LogP contribution in [0.25, 0.3) is 0 Å². The van der Waals surface area contributed by atoms with E-state index in [9.17, 15) is 8.42 Å². The van der Waals surface area contributed by atoms with Crippen LogP contribution in [0.2, 0.25) is 5.02 Å². The molecule has 0 saturated carbocycles. The molecule has 1 N–H and O–H groups in total. The van der Waals surface area contributed by atoms with E-state index in [1.54, 1.807) is 0 Å². The first-order chi connectivity index (χ1) is 9.44. The third-order valence-electron chi connectivity index (χ3n) is 2.72. The molecule has 0 radical (unpaired) electrons. The van der Waals surface area contributed by atoms with E-state index in [1.165, 1.54) is 6.26 Å². The van der Waals surface area contributed by atoms with Gasteiger partial charge in [-0.05, 0) is 31.5 Å². The standard InChI is InChI=1S/C14H22ClNO3S/c1-3-8-16-11-12-13(15)6-4-7-14(12)19-9-5-10-20(2,17)18/h4,6-7,16H,3,5,8-11H2,1-2H3. The second-order valence-corrected chi connectivity index (χ2v) is 7.39. The number of rotatable bonds is 9. The lowest BCUT2D eigenvalue weighted by Gasteiger charge is -2.13. The molecule has 0 fully saturated rings. The molecule has 0 saturated heterocycles. The summed E-state index contributed by atoms with van der Waals surface area (Å²) >= 11 is 6.18. The Morgan fingerprint density at radius 3 is 2.75 bits per heavy atom. The molecule has 1 rings (SSSR count). The van der Waals surface area contributed by atoms with Crippen LogP contribution in [0.5, 0.6) is 5.75 Å². The third kappa shape index (κ3) is 6.59. The molecule has 1 aromatic carbocycles. The molecule has 0 heterocycles. The molecule has 0 atom stereocenters. The van der Waals surface area contributed by atoms with Crippen LogP contribution in [-0.4, -0.2) is 33.6 Å². The first-order valence-electron chi connectivity index (χ1n) is 6.72. The highest BCUT2D eigenvalue weighted by atomic mass is 35.5. The summed E-state index contributed by atoms with van der Waals surface area (Å²) in [6.45, 7) is 4.03. The maximum Gasteiger partial charge on any atom is 0.147 e. The van der Waals surface area contributed by atoms with E-state index in [4.69, 9.17) is 16.3 Å². The predicted octanol–water partition coefficient (Wildman–Crippen LogP) is 2.65. The second-order valence-electron chi connectivity index (χ2n) is 4.73. The monoisotopic (exact) mass is 319 g/mol. The van der Waals surface area contributed by atoms with Crippen LogP contribution in [0.15, 0.2) is 18.2 Å². The fourth-order valence-corrected chi connectivity index (χ4v) is 2.61. The minimum absolute atomic E-state index is 0.136. The number of hydrogen-bond acceptors (Lipinski definition) is 4. The van der Waals surface area contributed by atoms with Gasteiger partial charge in [-0.15, -0.1) is 0 Å². The molecule has 0 unspecified atom stereocenters. The number of hydrogen-bond donors (Lipinski definition) is 1. The molecule has 0 aliphatic rings. The minimum atomic E-state index is -2.93. The van der Waals surface area contributed by atoms with Crippen molar-refractivity contribution in [2.45, 2.75) is 26.3 Å². The summed E-state index contributed by atoms with van der Waals surface area (Å²) in [4.78, 5) is 0. The summed E-state index contributed by atoms with van der Waals surface area (Å²) in [5, 5.41) is 3.95. The normalized spacial score (nSPS) is 11.6. The highest BCUT2D eigenvalue weighted by Crippen LogP contribution is 2.26. The molecule has 0 aliphatic carbocycles. The van der Waals surface area contributed by atoms with Crippen molar-refractivity contribution in [1.29, 1.82) is 0 Å². The van der Waals surface area contributed by atoms with Crippen LogP contribution in [0, 0.1) is 0 Å². The summed E-state index contributed by atoms with van der Waals surface area (Å²) in [6, 6.07) is 5.51. The summed E-state index contributed by atoms with van der Waals surface area (Å²) in [6.07, 6.45) is 2.76. The largest absolute Gasteiger partial charge is 0.493 e. The van der Waals surface area contributed by atoms with E-state index >= 15 is 0 Å². The maximum atomic E-state index is 11.1. The van der Waals surface area contributed by atoms with E-state index in [1.807, 2.05) is 18.2 Å². The first-order valence-corrected chi connectivity index (χ1v) is 9.16. The predicted molar refractivity (Wildman–Crippen MR) is 83.3 cm³/mol. The maximum absolute atomic E-state index is 11.1. The van der Waals surface area contributed by atoms with Gasteiger partial charge in [-0.1, -0.05) is 24.6 Å². The van der Waals surface area contributed by atoms with E-state index in [2.05, 4.69) is 12.2 Å². The SMILES string of the molecule is CCCNCc1c(Cl)cccc1OCCCS(C)(=O)=O. The van der Waals surface area contributed by atoms with Gasteiger partial charge in [0.15, 0.2) is 0 Å². The molecule has 0 amide bonds. The minimum Gasteiger partial charge on any atom is -0.493 e. The zero-order valence-electron chi connectivity index (χ0n) is 12.0. The van der Waals surface area contributed by atoms with Crippen LogP contribution in [0.1, 0.15) is 25.3 Å². The smallest absolute Gasteiger partial charge is 0.147 e. The van der Waals surface area contributed by atoms with Gasteiger partial charge < -0.3 is 10.1 Å². The number of ether oxygens (including phenoxy) is 1. The Labute approximate surface area is 126 Å². The van der Waals surface area contributed by atoms with Crippen LogP contribution in [0.3, 0.4) is 0 Å². The van der Waals surface area contributed by atoms with Crippen molar-refractivity contribution < 1.29 is 13.2 Å². The van der Waals surface area contributed by atoms with Gasteiger partial charge >= 0.3 is 0 Å². The van der Waals surface area contributed by atoms with Gasteiger partial charge in [0.05, 0.1) is 12.4 Å². The molecule has 114 valence electrons. The lowest BCUT2D eigenvalue weighted by atomic mass is 10.2. The van der Waals surface area contributed by atoms with Gasteiger partial charge in [0.25, 0.3) is 0 Å². The fraction of sp³-hybridized carbons (Fsp3) is 0.571. The molecular formula is C14H22ClNO3S. The zero-order valence-corrected chi connectivity index (χ0v) is 13.6. The Kier molecular flexibility index (Phi) is 7.34. The van der Waals surface area contributed by atoms with Crippen molar-refractivity contribution in [2.75, 3.05) is 25.2 Å². The van der Waals surface area contributed by atoms with Crippen LogP contribution >= 0.6 is 11.6 Å². The van der Waals surface area contributed by atoms with Crippen LogP contribution in [-0.2, 0) is 16.4 Å². The highest BCUT2D eigenvalue weighted by molar-refractivity contribution is 7.90. The molecule has 6 heteroatoms. The molecule has 0 aliphatic heterocycles. The second kappa shape index (κ2) is 8.49. The lowest BCUT2D eigenvalue weighted by molar-refractivity contribution is 0.313. The van der Waals surface area contributed by atoms with Crippen LogP contribution in [0.4, 0.5) is 0 Å². The van der Waals surface area contributed by atoms with Crippen molar-refractivity contribution in [1.82, 2.24) is 5.32 Å². The Balaban J connectivity index is 2.57. The molecule has 20 heavy (non-hydrogen) atoms. The van der Waals surface area contributed by atoms with Crippen molar-refractivity contribution in [3.8, 4) is 5.75 Å². The average molecular weight is 320 g/mol. The van der Waals surface area contributed by atoms with Crippen LogP contribution < -0.4 is 10.1 Å². The van der Waals surface area contributed by atoms with Crippen molar-refractivity contribution in [3.05, 3.63) is 28.8 Å². The Hall–Kier alpha value is -0.780. The third-order valence-corrected chi connectivity index (χ3v) is 4.11.